The minimum Gasteiger partial charge on any atom is -0.497 e. The summed E-state index contributed by atoms with van der Waals surface area (Å²) in [5.74, 6) is 0.0828. The topological polar surface area (TPSA) is 115 Å². The highest BCUT2D eigenvalue weighted by molar-refractivity contribution is 6.05. The second kappa shape index (κ2) is 13.2. The zero-order chi connectivity index (χ0) is 27.8. The fourth-order valence-corrected chi connectivity index (χ4v) is 5.11. The smallest absolute Gasteiger partial charge is 0.279 e. The van der Waals surface area contributed by atoms with Crippen molar-refractivity contribution in [1.82, 2.24) is 25.3 Å². The Morgan fingerprint density at radius 3 is 2.59 bits per heavy atom. The van der Waals surface area contributed by atoms with E-state index in [1.807, 2.05) is 0 Å². The van der Waals surface area contributed by atoms with E-state index in [-0.39, 0.29) is 18.1 Å². The lowest BCUT2D eigenvalue weighted by Gasteiger charge is -2.35. The number of methoxy groups -OCH3 is 2. The van der Waals surface area contributed by atoms with Crippen molar-refractivity contribution >= 4 is 22.6 Å². The average Bonchev–Trinajstić information content (AvgIpc) is 2.98. The summed E-state index contributed by atoms with van der Waals surface area (Å²) in [6.45, 7) is 4.66. The molecule has 10 nitrogen and oxygen atoms in total. The van der Waals surface area contributed by atoms with Gasteiger partial charge in [-0.3, -0.25) is 14.4 Å². The van der Waals surface area contributed by atoms with E-state index < -0.39 is 11.5 Å². The molecule has 10 heteroatoms. The minimum atomic E-state index is -0.554. The lowest BCUT2D eigenvalue weighted by molar-refractivity contribution is -0.120. The van der Waals surface area contributed by atoms with E-state index in [1.54, 1.807) is 42.5 Å². The van der Waals surface area contributed by atoms with Gasteiger partial charge in [0.15, 0.2) is 5.69 Å². The number of benzene rings is 2. The van der Waals surface area contributed by atoms with Crippen LogP contribution in [0, 0.1) is 0 Å². The van der Waals surface area contributed by atoms with Crippen LogP contribution in [-0.2, 0) is 4.79 Å². The minimum absolute atomic E-state index is 0.0339. The molecule has 4 rings (SSSR count). The molecular formula is C29H37N5O5. The molecule has 0 saturated carbocycles. The molecule has 1 aromatic heterocycles. The number of nitrogens with zero attached hydrogens (tertiary/aromatic N) is 3. The molecule has 2 amide bonds. The fraction of sp³-hybridized carbons (Fsp3) is 0.448. The number of fused-ring (bicyclic) bond motifs is 1. The number of carbonyl (C=O) groups is 2. The Morgan fingerprint density at radius 1 is 1.05 bits per heavy atom. The van der Waals surface area contributed by atoms with Crippen LogP contribution in [0.5, 0.6) is 11.5 Å². The molecule has 208 valence electrons. The van der Waals surface area contributed by atoms with E-state index in [0.29, 0.717) is 40.5 Å². The van der Waals surface area contributed by atoms with Gasteiger partial charge in [-0.15, -0.1) is 0 Å². The summed E-state index contributed by atoms with van der Waals surface area (Å²) < 4.78 is 11.8. The summed E-state index contributed by atoms with van der Waals surface area (Å²) in [6, 6.07) is 12.4. The molecule has 1 aliphatic rings. The second-order valence-corrected chi connectivity index (χ2v) is 9.63. The van der Waals surface area contributed by atoms with E-state index in [4.69, 9.17) is 9.47 Å². The number of amides is 2. The molecule has 0 radical (unpaired) electrons. The van der Waals surface area contributed by atoms with E-state index >= 15 is 0 Å². The maximum absolute atomic E-state index is 13.3. The number of ether oxygens (including phenoxy) is 2. The van der Waals surface area contributed by atoms with E-state index in [9.17, 15) is 14.4 Å². The summed E-state index contributed by atoms with van der Waals surface area (Å²) in [5, 5.41) is 10.6. The summed E-state index contributed by atoms with van der Waals surface area (Å²) in [6.07, 6.45) is 5.78. The van der Waals surface area contributed by atoms with Crippen LogP contribution in [0.15, 0.2) is 47.3 Å². The van der Waals surface area contributed by atoms with Crippen molar-refractivity contribution in [2.45, 2.75) is 45.1 Å². The van der Waals surface area contributed by atoms with Gasteiger partial charge in [-0.1, -0.05) is 31.5 Å². The average molecular weight is 536 g/mol. The maximum atomic E-state index is 13.3. The fourth-order valence-electron chi connectivity index (χ4n) is 5.11. The van der Waals surface area contributed by atoms with Gasteiger partial charge in [-0.2, -0.15) is 9.78 Å². The van der Waals surface area contributed by atoms with Gasteiger partial charge in [-0.05, 0) is 50.4 Å². The number of hydrogen-bond acceptors (Lipinski definition) is 7. The molecule has 2 heterocycles. The van der Waals surface area contributed by atoms with Crippen LogP contribution in [-0.4, -0.2) is 72.9 Å². The molecule has 1 unspecified atom stereocenters. The van der Waals surface area contributed by atoms with Gasteiger partial charge in [0.2, 0.25) is 5.91 Å². The Bertz CT molecular complexity index is 1370. The largest absolute Gasteiger partial charge is 0.497 e. The number of aromatic nitrogens is 2. The van der Waals surface area contributed by atoms with Crippen LogP contribution in [0.3, 0.4) is 0 Å². The third-order valence-corrected chi connectivity index (χ3v) is 7.21. The van der Waals surface area contributed by atoms with Crippen LogP contribution in [0.2, 0.25) is 0 Å². The normalized spacial score (nSPS) is 15.6. The Labute approximate surface area is 228 Å². The van der Waals surface area contributed by atoms with Crippen molar-refractivity contribution < 1.29 is 19.1 Å². The van der Waals surface area contributed by atoms with Crippen molar-refractivity contribution in [3.05, 3.63) is 58.5 Å². The van der Waals surface area contributed by atoms with Crippen LogP contribution >= 0.6 is 0 Å². The maximum Gasteiger partial charge on any atom is 0.279 e. The molecule has 1 saturated heterocycles. The molecule has 0 aliphatic carbocycles. The molecule has 1 aliphatic heterocycles. The lowest BCUT2D eigenvalue weighted by atomic mass is 10.00. The highest BCUT2D eigenvalue weighted by atomic mass is 16.5. The van der Waals surface area contributed by atoms with Gasteiger partial charge in [-0.25, -0.2) is 0 Å². The zero-order valence-electron chi connectivity index (χ0n) is 22.9. The first-order chi connectivity index (χ1) is 19.0. The summed E-state index contributed by atoms with van der Waals surface area (Å²) in [4.78, 5) is 41.5. The predicted molar refractivity (Wildman–Crippen MR) is 150 cm³/mol. The predicted octanol–water partition coefficient (Wildman–Crippen LogP) is 2.90. The SMILES string of the molecule is CCC1CCCCN1CCCNC(=O)CNC(=O)c1nn(-c2ccc(OC)cc2OC)c(=O)c2ccccc12. The van der Waals surface area contributed by atoms with Crippen molar-refractivity contribution in [3.63, 3.8) is 0 Å². The van der Waals surface area contributed by atoms with E-state index in [0.717, 1.165) is 30.6 Å². The lowest BCUT2D eigenvalue weighted by Crippen LogP contribution is -2.42. The molecule has 1 atom stereocenters. The van der Waals surface area contributed by atoms with Crippen LogP contribution in [0.1, 0.15) is 49.5 Å². The van der Waals surface area contributed by atoms with Crippen molar-refractivity contribution in [2.24, 2.45) is 0 Å². The molecule has 39 heavy (non-hydrogen) atoms. The van der Waals surface area contributed by atoms with Gasteiger partial charge in [0.1, 0.15) is 17.2 Å². The zero-order valence-corrected chi connectivity index (χ0v) is 22.9. The van der Waals surface area contributed by atoms with Gasteiger partial charge in [0.25, 0.3) is 11.5 Å². The number of carbonyl (C=O) groups excluding carboxylic acids is 2. The standard InChI is InChI=1S/C29H37N5O5/c1-4-20-10-7-8-16-33(20)17-9-15-30-26(35)19-31-28(36)27-22-11-5-6-12-23(22)29(37)34(32-27)24-14-13-21(38-2)18-25(24)39-3/h5-6,11-14,18,20H,4,7-10,15-17,19H2,1-3H3,(H,30,35)(H,31,36). The van der Waals surface area contributed by atoms with Gasteiger partial charge in [0.05, 0.1) is 26.2 Å². The second-order valence-electron chi connectivity index (χ2n) is 9.63. The third kappa shape index (κ3) is 6.57. The Balaban J connectivity index is 1.44. The Morgan fingerprint density at radius 2 is 1.85 bits per heavy atom. The van der Waals surface area contributed by atoms with Crippen LogP contribution < -0.4 is 25.7 Å². The first kappa shape index (κ1) is 28.1. The third-order valence-electron chi connectivity index (χ3n) is 7.21. The highest BCUT2D eigenvalue weighted by Crippen LogP contribution is 2.27. The number of piperidine rings is 1. The summed E-state index contributed by atoms with van der Waals surface area (Å²) >= 11 is 0. The van der Waals surface area contributed by atoms with Gasteiger partial charge < -0.3 is 25.0 Å². The van der Waals surface area contributed by atoms with E-state index in [1.165, 1.54) is 33.5 Å². The number of hydrogen-bond donors (Lipinski definition) is 2. The first-order valence-electron chi connectivity index (χ1n) is 13.5. The van der Waals surface area contributed by atoms with Gasteiger partial charge >= 0.3 is 0 Å². The molecule has 1 fully saturated rings. The quantitative estimate of drug-likeness (QED) is 0.363. The van der Waals surface area contributed by atoms with Crippen molar-refractivity contribution in [2.75, 3.05) is 40.4 Å². The monoisotopic (exact) mass is 535 g/mol. The van der Waals surface area contributed by atoms with Crippen LogP contribution in [0.4, 0.5) is 0 Å². The van der Waals surface area contributed by atoms with Crippen LogP contribution in [0.25, 0.3) is 16.5 Å². The van der Waals surface area contributed by atoms with Crippen molar-refractivity contribution in [1.29, 1.82) is 0 Å². The molecule has 0 spiro atoms. The van der Waals surface area contributed by atoms with Crippen molar-refractivity contribution in [3.8, 4) is 17.2 Å². The Kier molecular flexibility index (Phi) is 9.54. The summed E-state index contributed by atoms with van der Waals surface area (Å²) in [5.41, 5.74) is -0.00572. The Hall–Kier alpha value is -3.92. The molecule has 3 aromatic rings. The highest BCUT2D eigenvalue weighted by Gasteiger charge is 2.21. The molecule has 0 bridgehead atoms. The number of likely N-dealkylation sites (tertiary alicyclic amines) is 1. The number of nitrogens with one attached hydrogen (secondary N) is 2. The van der Waals surface area contributed by atoms with E-state index in [2.05, 4.69) is 27.6 Å². The van der Waals surface area contributed by atoms with Gasteiger partial charge in [0, 0.05) is 30.6 Å². The number of rotatable bonds is 11. The molecule has 2 aromatic carbocycles. The molecule has 2 N–H and O–H groups in total. The summed E-state index contributed by atoms with van der Waals surface area (Å²) in [7, 11) is 3.01. The first-order valence-corrected chi connectivity index (χ1v) is 13.5. The molecular weight excluding hydrogens is 498 g/mol.